The van der Waals surface area contributed by atoms with E-state index in [0.29, 0.717) is 22.3 Å². The third-order valence-corrected chi connectivity index (χ3v) is 15.5. The third-order valence-electron chi connectivity index (χ3n) is 12.9. The van der Waals surface area contributed by atoms with Crippen LogP contribution in [-0.2, 0) is 72.0 Å². The summed E-state index contributed by atoms with van der Waals surface area (Å²) in [5, 5.41) is 37.7. The lowest BCUT2D eigenvalue weighted by Gasteiger charge is -2.31. The molecule has 2 aromatic carbocycles. The molecule has 2 saturated heterocycles. The maximum atomic E-state index is 14.6. The van der Waals surface area contributed by atoms with Gasteiger partial charge in [0.15, 0.2) is 10.7 Å². The first-order valence-electron chi connectivity index (χ1n) is 27.1. The van der Waals surface area contributed by atoms with Crippen LogP contribution in [0.4, 0.5) is 0 Å². The van der Waals surface area contributed by atoms with Gasteiger partial charge in [-0.25, -0.2) is 0 Å². The van der Waals surface area contributed by atoms with E-state index in [1.807, 2.05) is 0 Å². The Bertz CT molecular complexity index is 2940. The van der Waals surface area contributed by atoms with Gasteiger partial charge in [0, 0.05) is 62.0 Å². The van der Waals surface area contributed by atoms with E-state index in [1.54, 1.807) is 48.5 Å². The van der Waals surface area contributed by atoms with E-state index in [2.05, 4.69) is 59.4 Å². The maximum absolute atomic E-state index is 14.6. The van der Waals surface area contributed by atoms with Crippen LogP contribution >= 0.6 is 33.8 Å². The summed E-state index contributed by atoms with van der Waals surface area (Å²) in [4.78, 5) is 165. The second-order valence-corrected chi connectivity index (χ2v) is 22.8. The van der Waals surface area contributed by atoms with E-state index < -0.39 is 133 Å². The number of rotatable bonds is 21. The molecule has 462 valence electrons. The number of phenolic OH excluding ortho intramolecular Hbond substituents is 1. The second kappa shape index (κ2) is 35.6. The summed E-state index contributed by atoms with van der Waals surface area (Å²) in [6.45, 7) is 1.71. The molecule has 29 nitrogen and oxygen atoms in total. The fraction of sp³-hybridized carbons (Fsp3) is 0.472. The number of amides is 11. The number of carbonyl (C=O) groups excluding carboxylic acids is 11. The van der Waals surface area contributed by atoms with Crippen molar-refractivity contribution >= 4 is 105 Å². The molecule has 3 heterocycles. The highest BCUT2D eigenvalue weighted by molar-refractivity contribution is 8.76. The molecule has 32 heteroatoms. The molecule has 2 fully saturated rings. The first kappa shape index (κ1) is 69.0. The Morgan fingerprint density at radius 3 is 2.01 bits per heavy atom. The number of aromatic hydroxyl groups is 1. The van der Waals surface area contributed by atoms with Crippen molar-refractivity contribution < 1.29 is 57.8 Å². The number of nitrogens with one attached hydrogen (secondary N) is 11. The summed E-state index contributed by atoms with van der Waals surface area (Å²) in [5.41, 5.74) is 23.4. The molecule has 5 rings (SSSR count). The molecule has 0 aliphatic carbocycles. The molecule has 3 aromatic rings. The quantitative estimate of drug-likeness (QED) is 0.0169. The number of benzene rings is 2. The minimum Gasteiger partial charge on any atom is -0.508 e. The zero-order valence-electron chi connectivity index (χ0n) is 46.7. The lowest BCUT2D eigenvalue weighted by Crippen LogP contribution is -2.61. The number of H-pyrrole nitrogens is 2. The lowest BCUT2D eigenvalue weighted by molar-refractivity contribution is -0.142. The first-order chi connectivity index (χ1) is 40.4. The van der Waals surface area contributed by atoms with Crippen LogP contribution in [0.25, 0.3) is 0 Å². The third kappa shape index (κ3) is 25.1. The number of hydrogen-bond acceptors (Lipinski definition) is 17. The van der Waals surface area contributed by atoms with Gasteiger partial charge < -0.3 is 80.5 Å². The zero-order chi connectivity index (χ0) is 62.6. The molecule has 11 amide bonds. The number of primary amides is 3. The van der Waals surface area contributed by atoms with Crippen LogP contribution in [0.2, 0.25) is 0 Å². The Hall–Kier alpha value is -8.52. The van der Waals surface area contributed by atoms with Gasteiger partial charge >= 0.3 is 0 Å². The van der Waals surface area contributed by atoms with Crippen LogP contribution in [-0.4, -0.2) is 164 Å². The molecule has 0 unspecified atom stereocenters. The zero-order valence-corrected chi connectivity index (χ0v) is 49.1. The van der Waals surface area contributed by atoms with Gasteiger partial charge in [0.2, 0.25) is 65.0 Å². The highest BCUT2D eigenvalue weighted by Crippen LogP contribution is 2.26. The number of nitrogens with two attached hydrogens (primary N) is 4. The number of hydrogen-bond donors (Lipinski definition) is 16. The predicted octanol–water partition coefficient (Wildman–Crippen LogP) is -2.75. The van der Waals surface area contributed by atoms with Crippen molar-refractivity contribution in [3.8, 4) is 5.75 Å². The summed E-state index contributed by atoms with van der Waals surface area (Å²) in [7, 11) is 2.18. The normalized spacial score (nSPS) is 20.2. The van der Waals surface area contributed by atoms with Gasteiger partial charge in [-0.1, -0.05) is 77.4 Å². The number of aromatic amines is 2. The van der Waals surface area contributed by atoms with Gasteiger partial charge in [-0.15, -0.1) is 0 Å². The summed E-state index contributed by atoms with van der Waals surface area (Å²) < 4.78 is 0.404. The summed E-state index contributed by atoms with van der Waals surface area (Å²) in [6, 6.07) is 6.04. The Morgan fingerprint density at radius 1 is 0.765 bits per heavy atom. The molecule has 1 aromatic heterocycles. The van der Waals surface area contributed by atoms with Crippen LogP contribution in [0, 0.1) is 10.2 Å². The van der Waals surface area contributed by atoms with Gasteiger partial charge in [-0.3, -0.25) is 67.9 Å². The summed E-state index contributed by atoms with van der Waals surface area (Å²) in [6.07, 6.45) is 0.549. The van der Waals surface area contributed by atoms with E-state index in [1.165, 1.54) is 17.0 Å². The van der Waals surface area contributed by atoms with Crippen LogP contribution in [0.1, 0.15) is 81.5 Å². The lowest BCUT2D eigenvalue weighted by atomic mass is 10.0. The molecule has 2 aliphatic rings. The van der Waals surface area contributed by atoms with E-state index in [4.69, 9.17) is 40.6 Å². The minimum atomic E-state index is -1.77. The van der Waals surface area contributed by atoms with Crippen molar-refractivity contribution in [3.05, 3.63) is 92.6 Å². The number of guanidine groups is 1. The number of aromatic nitrogens is 2. The fourth-order valence-corrected chi connectivity index (χ4v) is 11.1. The van der Waals surface area contributed by atoms with Crippen molar-refractivity contribution in [2.45, 2.75) is 126 Å². The maximum Gasteiger partial charge on any atom is 0.251 e. The molecular formula is C53H74N16O13S3. The molecule has 20 N–H and O–H groups in total. The van der Waals surface area contributed by atoms with Gasteiger partial charge in [0.05, 0.1) is 13.0 Å². The van der Waals surface area contributed by atoms with Gasteiger partial charge in [0.25, 0.3) is 5.56 Å². The molecule has 7 atom stereocenters. The number of nitrogens with zero attached hydrogens (tertiary/aromatic N) is 1. The van der Waals surface area contributed by atoms with Crippen molar-refractivity contribution in [1.82, 2.24) is 57.4 Å². The molecular weight excluding hydrogens is 1160 g/mol. The first-order valence-corrected chi connectivity index (χ1v) is 30.0. The number of carbonyl (C=O) groups is 11. The van der Waals surface area contributed by atoms with E-state index in [9.17, 15) is 62.6 Å². The fourth-order valence-electron chi connectivity index (χ4n) is 8.73. The molecule has 0 radical (unpaired) electrons. The average molecular weight is 1240 g/mol. The largest absolute Gasteiger partial charge is 0.508 e. The number of phenols is 1. The van der Waals surface area contributed by atoms with Crippen molar-refractivity contribution in [2.24, 2.45) is 22.9 Å². The number of aryl methyl sites for hydroxylation is 1. The van der Waals surface area contributed by atoms with Crippen molar-refractivity contribution in [2.75, 3.05) is 31.1 Å². The summed E-state index contributed by atoms with van der Waals surface area (Å²) >= 11 is 4.79. The van der Waals surface area contributed by atoms with E-state index in [-0.39, 0.29) is 80.4 Å². The summed E-state index contributed by atoms with van der Waals surface area (Å²) in [5.74, 6) is -9.90. The highest BCUT2D eigenvalue weighted by Gasteiger charge is 2.40. The Labute approximate surface area is 501 Å². The van der Waals surface area contributed by atoms with Gasteiger partial charge in [0.1, 0.15) is 48.0 Å². The average Bonchev–Trinajstić information content (AvgIpc) is 4.07. The minimum absolute atomic E-state index is 0.0163. The number of likely N-dealkylation sites (tertiary alicyclic amines) is 1. The van der Waals surface area contributed by atoms with Crippen LogP contribution < -0.4 is 71.0 Å². The predicted molar refractivity (Wildman–Crippen MR) is 318 cm³/mol. The van der Waals surface area contributed by atoms with Crippen molar-refractivity contribution in [1.29, 1.82) is 5.41 Å². The van der Waals surface area contributed by atoms with Crippen molar-refractivity contribution in [3.63, 3.8) is 0 Å². The Kier molecular flexibility index (Phi) is 28.9. The van der Waals surface area contributed by atoms with Gasteiger partial charge in [-0.05, 0) is 74.0 Å². The highest BCUT2D eigenvalue weighted by atomic mass is 33.1. The molecule has 0 saturated carbocycles. The molecule has 2 aliphatic heterocycles. The SMILES string of the molecule is CCCc1cc(=O)[nH]c(=S)[nH]1.N=C(N)NCCC[C@H](NC(=O)[C@@H]1CCCN1C(=O)[C@@H]1CSSCCC(=O)N[C@@H](Cc2ccc(O)cc2)C(=O)N[C@@H](Cc2ccccc2)C(=O)N[C@@H](CCC(N)=O)C(=O)N[C@@H](CC(N)=O)C(=O)N1)C(=O)NCC(N)=O. The van der Waals surface area contributed by atoms with Crippen LogP contribution in [0.15, 0.2) is 65.5 Å². The van der Waals surface area contributed by atoms with Crippen LogP contribution in [0.3, 0.4) is 0 Å². The molecule has 0 spiro atoms. The standard InChI is InChI=1S/C46H64N14O12S2.C7H10N2OS/c47-35(62)15-14-29-40(67)58-32(22-36(48)63)43(70)59-33(45(72)60-18-5-9-34(60)44(71)56-28(8-4-17-52-46(50)51)39(66)53-23-37(49)64)24-74-73-19-16-38(65)54-30(21-26-10-12-27(61)13-11-26)41(68)57-31(42(69)55-29)20-25-6-2-1-3-7-25;1-2-3-5-4-6(10)9-7(11)8-5/h1-3,6-7,10-13,28-34,61H,4-5,8-9,14-24H2,(H2,47,62)(H2,48,63)(H2,49,64)(H,53,66)(H,54,65)(H,55,69)(H,56,71)(H,57,68)(H,58,67)(H,59,70)(H4,50,51,52);4H,2-3H2,1H3,(H2,8,9,10,11)/t28-,29-,30-,31-,32-,33-,34-;/m0./s1. The van der Waals surface area contributed by atoms with Gasteiger partial charge in [-0.2, -0.15) is 0 Å². The van der Waals surface area contributed by atoms with E-state index in [0.717, 1.165) is 40.1 Å². The van der Waals surface area contributed by atoms with Crippen LogP contribution in [0.5, 0.6) is 5.75 Å². The Morgan fingerprint density at radius 2 is 1.39 bits per heavy atom. The monoisotopic (exact) mass is 1240 g/mol. The smallest absolute Gasteiger partial charge is 0.251 e. The second-order valence-electron chi connectivity index (χ2n) is 19.7. The van der Waals surface area contributed by atoms with E-state index >= 15 is 0 Å². The molecule has 85 heavy (non-hydrogen) atoms. The molecule has 0 bridgehead atoms. The topological polar surface area (TPSA) is 484 Å². The Balaban J connectivity index is 0.00000126.